The molecule has 0 bridgehead atoms. The molecule has 0 amide bonds. The van der Waals surface area contributed by atoms with Gasteiger partial charge in [0, 0.05) is 12.4 Å². The van der Waals surface area contributed by atoms with Crippen molar-refractivity contribution in [2.24, 2.45) is 0 Å². The maximum Gasteiger partial charge on any atom is 0.411 e. The number of nitrogen functional groups attached to an aromatic ring is 1. The second-order valence-corrected chi connectivity index (χ2v) is 3.41. The number of rotatable bonds is 4. The van der Waals surface area contributed by atoms with Crippen molar-refractivity contribution < 1.29 is 22.4 Å². The Labute approximate surface area is 104 Å². The minimum atomic E-state index is -4.40. The van der Waals surface area contributed by atoms with Crippen molar-refractivity contribution in [3.63, 3.8) is 0 Å². The molecule has 0 fully saturated rings. The van der Waals surface area contributed by atoms with Crippen molar-refractivity contribution in [2.45, 2.75) is 12.8 Å². The van der Waals surface area contributed by atoms with Crippen molar-refractivity contribution in [3.8, 4) is 11.6 Å². The molecule has 0 aliphatic rings. The fraction of sp³-hybridized carbons (Fsp3) is 0.333. The van der Waals surface area contributed by atoms with Crippen LogP contribution >= 0.6 is 0 Å². The van der Waals surface area contributed by atoms with E-state index in [-0.39, 0.29) is 23.2 Å². The Bertz CT molecular complexity index is 557. The van der Waals surface area contributed by atoms with E-state index < -0.39 is 19.4 Å². The second kappa shape index (κ2) is 5.18. The van der Waals surface area contributed by atoms with Crippen LogP contribution in [-0.4, -0.2) is 32.9 Å². The lowest BCUT2D eigenvalue weighted by molar-refractivity contribution is -0.177. The molecule has 0 aliphatic heterocycles. The quantitative estimate of drug-likeness (QED) is 0.894. The van der Waals surface area contributed by atoms with Gasteiger partial charge in [0.2, 0.25) is 0 Å². The molecule has 2 aromatic rings. The van der Waals surface area contributed by atoms with Gasteiger partial charge >= 0.3 is 6.18 Å². The molecule has 2 rings (SSSR count). The smallest absolute Gasteiger partial charge is 0.382 e. The third-order valence-electron chi connectivity index (χ3n) is 1.89. The first-order valence-corrected chi connectivity index (χ1v) is 4.99. The highest BCUT2D eigenvalue weighted by atomic mass is 19.4. The molecule has 19 heavy (non-hydrogen) atoms. The Balaban J connectivity index is 2.02. The van der Waals surface area contributed by atoms with Crippen LogP contribution in [0.1, 0.15) is 5.82 Å². The maximum atomic E-state index is 11.9. The number of nitrogens with zero attached hydrogens (tertiary/aromatic N) is 4. The summed E-state index contributed by atoms with van der Waals surface area (Å²) in [5.74, 6) is 0.00872. The van der Waals surface area contributed by atoms with Crippen molar-refractivity contribution in [1.82, 2.24) is 20.1 Å². The Morgan fingerprint density at radius 1 is 1.26 bits per heavy atom. The summed E-state index contributed by atoms with van der Waals surface area (Å²) in [5, 5.41) is 3.45. The van der Waals surface area contributed by atoms with Crippen molar-refractivity contribution >= 4 is 5.82 Å². The predicted molar refractivity (Wildman–Crippen MR) is 55.4 cm³/mol. The van der Waals surface area contributed by atoms with E-state index in [1.807, 2.05) is 0 Å². The van der Waals surface area contributed by atoms with Gasteiger partial charge in [0.1, 0.15) is 13.2 Å². The first-order valence-electron chi connectivity index (χ1n) is 4.99. The average molecular weight is 275 g/mol. The number of hydrogen-bond acceptors (Lipinski definition) is 7. The number of aromatic nitrogens is 4. The van der Waals surface area contributed by atoms with Gasteiger partial charge in [-0.05, 0) is 0 Å². The van der Waals surface area contributed by atoms with Gasteiger partial charge in [-0.25, -0.2) is 9.97 Å². The zero-order valence-electron chi connectivity index (χ0n) is 9.39. The Morgan fingerprint density at radius 3 is 2.68 bits per heavy atom. The first-order chi connectivity index (χ1) is 8.96. The minimum absolute atomic E-state index is 0.0313. The van der Waals surface area contributed by atoms with Crippen LogP contribution in [0.2, 0.25) is 0 Å². The van der Waals surface area contributed by atoms with Crippen LogP contribution in [0.3, 0.4) is 0 Å². The molecule has 7 nitrogen and oxygen atoms in total. The first kappa shape index (κ1) is 13.2. The summed E-state index contributed by atoms with van der Waals surface area (Å²) >= 11 is 0. The highest BCUT2D eigenvalue weighted by molar-refractivity contribution is 5.61. The van der Waals surface area contributed by atoms with E-state index in [4.69, 9.17) is 10.3 Å². The molecule has 2 N–H and O–H groups in total. The lowest BCUT2D eigenvalue weighted by Crippen LogP contribution is -2.16. The summed E-state index contributed by atoms with van der Waals surface area (Å²) in [4.78, 5) is 11.5. The van der Waals surface area contributed by atoms with Crippen LogP contribution in [0.15, 0.2) is 16.9 Å². The predicted octanol–water partition coefficient (Wildman–Crippen LogP) is 1.19. The molecule has 2 aromatic heterocycles. The summed E-state index contributed by atoms with van der Waals surface area (Å²) in [6.07, 6.45) is -1.65. The SMILES string of the molecule is Nc1nccnc1-c1nc(COCC(F)(F)F)no1. The standard InChI is InChI=1S/C9H8F3N5O2/c10-9(11,12)4-18-3-5-16-8(19-17-5)6-7(13)15-2-1-14-6/h1-2H,3-4H2,(H2,13,15). The lowest BCUT2D eigenvalue weighted by Gasteiger charge is -2.04. The second-order valence-electron chi connectivity index (χ2n) is 3.41. The van der Waals surface area contributed by atoms with Gasteiger partial charge < -0.3 is 15.0 Å². The highest BCUT2D eigenvalue weighted by Gasteiger charge is 2.27. The van der Waals surface area contributed by atoms with Gasteiger partial charge in [-0.1, -0.05) is 5.16 Å². The zero-order chi connectivity index (χ0) is 13.9. The Hall–Kier alpha value is -2.23. The molecule has 0 saturated heterocycles. The van der Waals surface area contributed by atoms with Crippen LogP contribution in [-0.2, 0) is 11.3 Å². The van der Waals surface area contributed by atoms with E-state index in [1.54, 1.807) is 0 Å². The van der Waals surface area contributed by atoms with Gasteiger partial charge in [0.25, 0.3) is 5.89 Å². The van der Waals surface area contributed by atoms with Crippen LogP contribution in [0.5, 0.6) is 0 Å². The van der Waals surface area contributed by atoms with Crippen molar-refractivity contribution in [3.05, 3.63) is 18.2 Å². The number of alkyl halides is 3. The van der Waals surface area contributed by atoms with Crippen LogP contribution in [0.4, 0.5) is 19.0 Å². The van der Waals surface area contributed by atoms with Crippen LogP contribution in [0.25, 0.3) is 11.6 Å². The summed E-state index contributed by atoms with van der Waals surface area (Å²) < 4.78 is 44.8. The largest absolute Gasteiger partial charge is 0.411 e. The molecule has 0 atom stereocenters. The topological polar surface area (TPSA) is 100.0 Å². The number of halogens is 3. The molecule has 0 radical (unpaired) electrons. The maximum absolute atomic E-state index is 11.9. The fourth-order valence-electron chi connectivity index (χ4n) is 1.18. The molecule has 10 heteroatoms. The van der Waals surface area contributed by atoms with Crippen LogP contribution < -0.4 is 5.73 Å². The molecule has 0 aromatic carbocycles. The van der Waals surface area contributed by atoms with Gasteiger partial charge in [-0.3, -0.25) is 0 Å². The molecule has 0 spiro atoms. The molecule has 102 valence electrons. The molecular weight excluding hydrogens is 267 g/mol. The molecule has 0 aliphatic carbocycles. The highest BCUT2D eigenvalue weighted by Crippen LogP contribution is 2.19. The zero-order valence-corrected chi connectivity index (χ0v) is 9.39. The summed E-state index contributed by atoms with van der Waals surface area (Å²) in [6, 6.07) is 0. The van der Waals surface area contributed by atoms with Gasteiger partial charge in [0.05, 0.1) is 0 Å². The average Bonchev–Trinajstić information content (AvgIpc) is 2.76. The van der Waals surface area contributed by atoms with Crippen molar-refractivity contribution in [1.29, 1.82) is 0 Å². The van der Waals surface area contributed by atoms with Gasteiger partial charge in [-0.15, -0.1) is 0 Å². The lowest BCUT2D eigenvalue weighted by atomic mass is 10.4. The van der Waals surface area contributed by atoms with E-state index >= 15 is 0 Å². The Kier molecular flexibility index (Phi) is 3.60. The summed E-state index contributed by atoms with van der Waals surface area (Å²) in [7, 11) is 0. The van der Waals surface area contributed by atoms with Crippen molar-refractivity contribution in [2.75, 3.05) is 12.3 Å². The molecule has 2 heterocycles. The molecular formula is C9H8F3N5O2. The van der Waals surface area contributed by atoms with E-state index in [2.05, 4.69) is 24.8 Å². The van der Waals surface area contributed by atoms with E-state index in [1.165, 1.54) is 12.4 Å². The van der Waals surface area contributed by atoms with Gasteiger partial charge in [0.15, 0.2) is 17.3 Å². The third kappa shape index (κ3) is 3.61. The number of hydrogen-bond donors (Lipinski definition) is 1. The van der Waals surface area contributed by atoms with Crippen LogP contribution in [0, 0.1) is 0 Å². The van der Waals surface area contributed by atoms with Gasteiger partial charge in [-0.2, -0.15) is 18.2 Å². The monoisotopic (exact) mass is 275 g/mol. The Morgan fingerprint density at radius 2 is 2.00 bits per heavy atom. The number of anilines is 1. The third-order valence-corrected chi connectivity index (χ3v) is 1.89. The minimum Gasteiger partial charge on any atom is -0.382 e. The van der Waals surface area contributed by atoms with E-state index in [0.29, 0.717) is 0 Å². The summed E-state index contributed by atoms with van der Waals surface area (Å²) in [5.41, 5.74) is 5.70. The normalized spacial score (nSPS) is 11.7. The molecule has 0 unspecified atom stereocenters. The fourth-order valence-corrected chi connectivity index (χ4v) is 1.18. The van der Waals surface area contributed by atoms with E-state index in [9.17, 15) is 13.2 Å². The number of ether oxygens (including phenoxy) is 1. The molecule has 0 saturated carbocycles. The number of nitrogens with two attached hydrogens (primary N) is 1. The summed E-state index contributed by atoms with van der Waals surface area (Å²) in [6.45, 7) is -1.81. The van der Waals surface area contributed by atoms with E-state index in [0.717, 1.165) is 0 Å².